The van der Waals surface area contributed by atoms with Crippen molar-refractivity contribution in [3.8, 4) is 5.75 Å². The van der Waals surface area contributed by atoms with Crippen LogP contribution in [0.15, 0.2) is 24.3 Å². The van der Waals surface area contributed by atoms with E-state index in [0.29, 0.717) is 32.6 Å². The summed E-state index contributed by atoms with van der Waals surface area (Å²) in [7, 11) is -2.99. The molecule has 0 N–H and O–H groups in total. The summed E-state index contributed by atoms with van der Waals surface area (Å²) in [6.45, 7) is 3.57. The normalized spacial score (nSPS) is 28.5. The second-order valence-corrected chi connectivity index (χ2v) is 10.9. The van der Waals surface area contributed by atoms with E-state index in [9.17, 15) is 18.0 Å². The lowest BCUT2D eigenvalue weighted by Crippen LogP contribution is -2.58. The summed E-state index contributed by atoms with van der Waals surface area (Å²) in [5.41, 5.74) is 0.340. The number of piperidine rings is 1. The van der Waals surface area contributed by atoms with E-state index in [0.717, 1.165) is 24.2 Å². The van der Waals surface area contributed by atoms with Gasteiger partial charge in [0.2, 0.25) is 11.8 Å². The first-order valence-corrected chi connectivity index (χ1v) is 12.1. The summed E-state index contributed by atoms with van der Waals surface area (Å²) in [5, 5.41) is 0. The molecule has 2 unspecified atom stereocenters. The van der Waals surface area contributed by atoms with E-state index < -0.39 is 15.4 Å². The highest BCUT2D eigenvalue weighted by atomic mass is 32.2. The van der Waals surface area contributed by atoms with E-state index in [-0.39, 0.29) is 35.7 Å². The van der Waals surface area contributed by atoms with Gasteiger partial charge < -0.3 is 14.5 Å². The van der Waals surface area contributed by atoms with Gasteiger partial charge in [0.05, 0.1) is 24.6 Å². The van der Waals surface area contributed by atoms with Crippen LogP contribution in [-0.2, 0) is 26.0 Å². The number of likely N-dealkylation sites (tertiary alicyclic amines) is 1. The number of sulfone groups is 1. The molecule has 2 amide bonds. The molecular formula is C21H28N2O5S. The number of hydrogen-bond donors (Lipinski definition) is 0. The van der Waals surface area contributed by atoms with Crippen molar-refractivity contribution in [2.24, 2.45) is 5.92 Å². The van der Waals surface area contributed by atoms with Crippen LogP contribution in [0.1, 0.15) is 38.2 Å². The minimum atomic E-state index is -2.99. The molecule has 8 heteroatoms. The highest BCUT2D eigenvalue weighted by molar-refractivity contribution is 7.91. The second-order valence-electron chi connectivity index (χ2n) is 8.66. The fraction of sp³-hybridized carbons (Fsp3) is 0.619. The predicted octanol–water partition coefficient (Wildman–Crippen LogP) is 1.61. The molecule has 2 atom stereocenters. The summed E-state index contributed by atoms with van der Waals surface area (Å²) in [5.74, 6) is 0.954. The topological polar surface area (TPSA) is 84.0 Å². The molecule has 2 saturated heterocycles. The van der Waals surface area contributed by atoms with E-state index in [1.54, 1.807) is 16.7 Å². The number of carbonyl (C=O) groups is 2. The maximum Gasteiger partial charge on any atom is 0.223 e. The molecule has 0 aliphatic carbocycles. The number of amides is 2. The van der Waals surface area contributed by atoms with E-state index in [1.165, 1.54) is 0 Å². The van der Waals surface area contributed by atoms with Crippen LogP contribution < -0.4 is 4.74 Å². The third-order valence-corrected chi connectivity index (χ3v) is 8.10. The van der Waals surface area contributed by atoms with Gasteiger partial charge in [0.1, 0.15) is 11.4 Å². The number of ether oxygens (including phenoxy) is 1. The van der Waals surface area contributed by atoms with Crippen LogP contribution in [0.2, 0.25) is 0 Å². The first kappa shape index (κ1) is 20.2. The van der Waals surface area contributed by atoms with Crippen LogP contribution in [0.5, 0.6) is 5.75 Å². The van der Waals surface area contributed by atoms with Crippen molar-refractivity contribution in [2.75, 3.05) is 31.1 Å². The van der Waals surface area contributed by atoms with Crippen LogP contribution in [-0.4, -0.2) is 66.8 Å². The van der Waals surface area contributed by atoms with Crippen LogP contribution in [0, 0.1) is 5.92 Å². The maximum atomic E-state index is 12.9. The first-order chi connectivity index (χ1) is 13.8. The fourth-order valence-electron chi connectivity index (χ4n) is 4.76. The Morgan fingerprint density at radius 2 is 1.97 bits per heavy atom. The minimum Gasteiger partial charge on any atom is -0.483 e. The molecule has 1 aromatic carbocycles. The average molecular weight is 421 g/mol. The van der Waals surface area contributed by atoms with Gasteiger partial charge in [-0.25, -0.2) is 8.42 Å². The van der Waals surface area contributed by atoms with Gasteiger partial charge >= 0.3 is 0 Å². The molecule has 2 fully saturated rings. The molecule has 3 aliphatic rings. The van der Waals surface area contributed by atoms with Crippen molar-refractivity contribution in [1.82, 2.24) is 9.80 Å². The highest BCUT2D eigenvalue weighted by Crippen LogP contribution is 2.35. The summed E-state index contributed by atoms with van der Waals surface area (Å²) < 4.78 is 29.9. The Labute approximate surface area is 171 Å². The zero-order valence-electron chi connectivity index (χ0n) is 16.8. The molecule has 1 aromatic rings. The van der Waals surface area contributed by atoms with E-state index in [2.05, 4.69) is 0 Å². The van der Waals surface area contributed by atoms with Gasteiger partial charge in [-0.15, -0.1) is 0 Å². The molecule has 0 bridgehead atoms. The third-order valence-electron chi connectivity index (χ3n) is 6.27. The second kappa shape index (κ2) is 7.63. The Balaban J connectivity index is 1.52. The SMILES string of the molecule is CC(=O)N1Cc2ccccc2OC2(CCCN(C(=O)CC3CCS(=O)(=O)C3)C2)C1. The van der Waals surface area contributed by atoms with Gasteiger partial charge in [-0.2, -0.15) is 0 Å². The third kappa shape index (κ3) is 4.42. The number of carbonyl (C=O) groups excluding carboxylic acids is 2. The molecule has 4 rings (SSSR count). The number of benzene rings is 1. The minimum absolute atomic E-state index is 0.00992. The van der Waals surface area contributed by atoms with Crippen molar-refractivity contribution in [2.45, 2.75) is 44.8 Å². The summed E-state index contributed by atoms with van der Waals surface area (Å²) in [6.07, 6.45) is 2.40. The molecule has 7 nitrogen and oxygen atoms in total. The lowest BCUT2D eigenvalue weighted by Gasteiger charge is -2.43. The number of rotatable bonds is 2. The summed E-state index contributed by atoms with van der Waals surface area (Å²) in [4.78, 5) is 28.8. The molecular weight excluding hydrogens is 392 g/mol. The average Bonchev–Trinajstić information content (AvgIpc) is 2.92. The van der Waals surface area contributed by atoms with E-state index in [4.69, 9.17) is 4.74 Å². The van der Waals surface area contributed by atoms with Gasteiger partial charge in [-0.05, 0) is 31.2 Å². The van der Waals surface area contributed by atoms with Gasteiger partial charge in [0.15, 0.2) is 9.84 Å². The number of nitrogens with zero attached hydrogens (tertiary/aromatic N) is 2. The quantitative estimate of drug-likeness (QED) is 0.726. The van der Waals surface area contributed by atoms with E-state index in [1.807, 2.05) is 24.3 Å². The van der Waals surface area contributed by atoms with Crippen molar-refractivity contribution in [3.63, 3.8) is 0 Å². The maximum absolute atomic E-state index is 12.9. The highest BCUT2D eigenvalue weighted by Gasteiger charge is 2.43. The molecule has 29 heavy (non-hydrogen) atoms. The van der Waals surface area contributed by atoms with E-state index >= 15 is 0 Å². The molecule has 3 heterocycles. The Kier molecular flexibility index (Phi) is 5.31. The van der Waals surface area contributed by atoms with Crippen molar-refractivity contribution in [1.29, 1.82) is 0 Å². The molecule has 1 spiro atoms. The van der Waals surface area contributed by atoms with Gasteiger partial charge in [0.25, 0.3) is 0 Å². The Hall–Kier alpha value is -2.09. The van der Waals surface area contributed by atoms with Crippen molar-refractivity contribution >= 4 is 21.7 Å². The van der Waals surface area contributed by atoms with Gasteiger partial charge in [-0.1, -0.05) is 18.2 Å². The monoisotopic (exact) mass is 420 g/mol. The zero-order chi connectivity index (χ0) is 20.6. The van der Waals surface area contributed by atoms with Crippen LogP contribution >= 0.6 is 0 Å². The lowest BCUT2D eigenvalue weighted by molar-refractivity contribution is -0.140. The zero-order valence-corrected chi connectivity index (χ0v) is 17.6. The molecule has 0 radical (unpaired) electrons. The van der Waals surface area contributed by atoms with Crippen molar-refractivity contribution in [3.05, 3.63) is 29.8 Å². The standard InChI is InChI=1S/C21H28N2O5S/c1-16(24)23-12-18-5-2-3-6-19(18)28-21(15-23)8-4-9-22(14-21)20(25)11-17-7-10-29(26,27)13-17/h2-3,5-6,17H,4,7-15H2,1H3. The summed E-state index contributed by atoms with van der Waals surface area (Å²) in [6, 6.07) is 7.74. The molecule has 158 valence electrons. The van der Waals surface area contributed by atoms with Crippen LogP contribution in [0.3, 0.4) is 0 Å². The van der Waals surface area contributed by atoms with Crippen LogP contribution in [0.25, 0.3) is 0 Å². The number of fused-ring (bicyclic) bond motifs is 1. The van der Waals surface area contributed by atoms with Crippen molar-refractivity contribution < 1.29 is 22.7 Å². The molecule has 0 aromatic heterocycles. The van der Waals surface area contributed by atoms with Gasteiger partial charge in [-0.3, -0.25) is 9.59 Å². The smallest absolute Gasteiger partial charge is 0.223 e. The fourth-order valence-corrected chi connectivity index (χ4v) is 6.63. The molecule has 3 aliphatic heterocycles. The largest absolute Gasteiger partial charge is 0.483 e. The lowest BCUT2D eigenvalue weighted by atomic mass is 9.91. The number of hydrogen-bond acceptors (Lipinski definition) is 5. The van der Waals surface area contributed by atoms with Crippen LogP contribution in [0.4, 0.5) is 0 Å². The summed E-state index contributed by atoms with van der Waals surface area (Å²) >= 11 is 0. The Morgan fingerprint density at radius 1 is 1.21 bits per heavy atom. The Morgan fingerprint density at radius 3 is 2.69 bits per heavy atom. The Bertz CT molecular complexity index is 915. The predicted molar refractivity (Wildman–Crippen MR) is 108 cm³/mol. The molecule has 0 saturated carbocycles. The number of para-hydroxylation sites is 1. The van der Waals surface area contributed by atoms with Gasteiger partial charge in [0, 0.05) is 32.0 Å². The first-order valence-electron chi connectivity index (χ1n) is 10.3.